The van der Waals surface area contributed by atoms with Crippen molar-refractivity contribution in [2.45, 2.75) is 82.1 Å². The first-order valence-corrected chi connectivity index (χ1v) is 13.2. The van der Waals surface area contributed by atoms with Gasteiger partial charge in [0, 0.05) is 29.4 Å². The fourth-order valence-electron chi connectivity index (χ4n) is 6.59. The largest absolute Gasteiger partial charge is 0.274 e. The fraction of sp³-hybridized carbons (Fsp3) is 0.448. The van der Waals surface area contributed by atoms with E-state index in [1.807, 2.05) is 16.7 Å². The average molecular weight is 468 g/mol. The molecule has 0 unspecified atom stereocenters. The van der Waals surface area contributed by atoms with Crippen LogP contribution >= 0.6 is 0 Å². The van der Waals surface area contributed by atoms with E-state index in [9.17, 15) is 4.79 Å². The van der Waals surface area contributed by atoms with Gasteiger partial charge in [0.05, 0.1) is 17.5 Å². The summed E-state index contributed by atoms with van der Waals surface area (Å²) >= 11 is 0. The van der Waals surface area contributed by atoms with Crippen molar-refractivity contribution in [2.75, 3.05) is 5.43 Å². The second kappa shape index (κ2) is 9.40. The van der Waals surface area contributed by atoms with Gasteiger partial charge in [-0.05, 0) is 55.4 Å². The summed E-state index contributed by atoms with van der Waals surface area (Å²) in [6.07, 6.45) is 17.6. The zero-order valence-electron chi connectivity index (χ0n) is 20.2. The molecule has 2 saturated carbocycles. The SMILES string of the molecule is O=c1c2c(nc(N/N=C/c3ccncc3)n1C1CCCCC1)-c1ccccc1CC21CCCCC1. The summed E-state index contributed by atoms with van der Waals surface area (Å²) < 4.78 is 1.96. The molecule has 35 heavy (non-hydrogen) atoms. The summed E-state index contributed by atoms with van der Waals surface area (Å²) in [6, 6.07) is 12.5. The van der Waals surface area contributed by atoms with Crippen LogP contribution in [0.1, 0.15) is 86.9 Å². The molecule has 1 N–H and O–H groups in total. The highest BCUT2D eigenvalue weighted by atomic mass is 16.1. The molecule has 6 heteroatoms. The van der Waals surface area contributed by atoms with Crippen LogP contribution in [0.3, 0.4) is 0 Å². The summed E-state index contributed by atoms with van der Waals surface area (Å²) in [5.74, 6) is 0.564. The predicted molar refractivity (Wildman–Crippen MR) is 140 cm³/mol. The molecule has 1 aromatic carbocycles. The van der Waals surface area contributed by atoms with Crippen molar-refractivity contribution in [3.8, 4) is 11.3 Å². The molecule has 3 aromatic rings. The Bertz CT molecular complexity index is 1280. The molecule has 3 aliphatic carbocycles. The van der Waals surface area contributed by atoms with Crippen molar-refractivity contribution in [2.24, 2.45) is 5.10 Å². The zero-order valence-corrected chi connectivity index (χ0v) is 20.2. The Kier molecular flexibility index (Phi) is 5.96. The Hall–Kier alpha value is -3.28. The van der Waals surface area contributed by atoms with Crippen LogP contribution in [-0.4, -0.2) is 20.7 Å². The van der Waals surface area contributed by atoms with Crippen LogP contribution in [0.4, 0.5) is 5.95 Å². The van der Waals surface area contributed by atoms with E-state index in [4.69, 9.17) is 4.98 Å². The van der Waals surface area contributed by atoms with Crippen molar-refractivity contribution in [1.29, 1.82) is 0 Å². The van der Waals surface area contributed by atoms with E-state index in [-0.39, 0.29) is 17.0 Å². The van der Waals surface area contributed by atoms with E-state index >= 15 is 0 Å². The Morgan fingerprint density at radius 2 is 1.71 bits per heavy atom. The lowest BCUT2D eigenvalue weighted by Crippen LogP contribution is -2.44. The lowest BCUT2D eigenvalue weighted by molar-refractivity contribution is 0.278. The van der Waals surface area contributed by atoms with Gasteiger partial charge in [0.15, 0.2) is 0 Å². The van der Waals surface area contributed by atoms with Crippen molar-refractivity contribution in [3.05, 3.63) is 75.8 Å². The third-order valence-corrected chi connectivity index (χ3v) is 8.28. The number of hydrazone groups is 1. The smallest absolute Gasteiger partial charge is 0.259 e. The predicted octanol–water partition coefficient (Wildman–Crippen LogP) is 6.01. The van der Waals surface area contributed by atoms with Gasteiger partial charge in [0.1, 0.15) is 0 Å². The van der Waals surface area contributed by atoms with Crippen LogP contribution in [-0.2, 0) is 11.8 Å². The van der Waals surface area contributed by atoms with Crippen molar-refractivity contribution in [1.82, 2.24) is 14.5 Å². The number of nitrogens with one attached hydrogen (secondary N) is 1. The van der Waals surface area contributed by atoms with E-state index in [1.54, 1.807) is 18.6 Å². The van der Waals surface area contributed by atoms with Gasteiger partial charge in [-0.1, -0.05) is 62.8 Å². The number of hydrogen-bond acceptors (Lipinski definition) is 5. The molecule has 2 heterocycles. The van der Waals surface area contributed by atoms with Gasteiger partial charge in [-0.25, -0.2) is 10.4 Å². The van der Waals surface area contributed by atoms with Crippen LogP contribution in [0, 0.1) is 0 Å². The lowest BCUT2D eigenvalue weighted by Gasteiger charge is -2.42. The number of benzene rings is 1. The van der Waals surface area contributed by atoms with E-state index < -0.39 is 0 Å². The van der Waals surface area contributed by atoms with Crippen LogP contribution < -0.4 is 11.0 Å². The number of aromatic nitrogens is 3. The first-order chi connectivity index (χ1) is 17.3. The fourth-order valence-corrected chi connectivity index (χ4v) is 6.59. The van der Waals surface area contributed by atoms with E-state index in [1.165, 1.54) is 31.2 Å². The van der Waals surface area contributed by atoms with E-state index in [0.29, 0.717) is 5.95 Å². The molecule has 180 valence electrons. The Labute approximate surface area is 206 Å². The highest BCUT2D eigenvalue weighted by molar-refractivity contribution is 5.79. The number of hydrogen-bond donors (Lipinski definition) is 1. The zero-order chi connectivity index (χ0) is 23.7. The third-order valence-electron chi connectivity index (χ3n) is 8.28. The minimum absolute atomic E-state index is 0.0960. The Morgan fingerprint density at radius 3 is 2.51 bits per heavy atom. The molecule has 2 aromatic heterocycles. The molecule has 0 amide bonds. The van der Waals surface area contributed by atoms with Crippen LogP contribution in [0.5, 0.6) is 0 Å². The Balaban J connectivity index is 1.52. The van der Waals surface area contributed by atoms with Crippen LogP contribution in [0.15, 0.2) is 58.7 Å². The van der Waals surface area contributed by atoms with Crippen molar-refractivity contribution < 1.29 is 0 Å². The lowest BCUT2D eigenvalue weighted by atomic mass is 9.62. The van der Waals surface area contributed by atoms with Gasteiger partial charge in [-0.2, -0.15) is 5.10 Å². The minimum Gasteiger partial charge on any atom is -0.274 e. The molecule has 0 atom stereocenters. The second-order valence-electron chi connectivity index (χ2n) is 10.5. The number of fused-ring (bicyclic) bond motifs is 4. The summed E-state index contributed by atoms with van der Waals surface area (Å²) in [7, 11) is 0. The number of rotatable bonds is 4. The molecule has 0 aliphatic heterocycles. The quantitative estimate of drug-likeness (QED) is 0.376. The Morgan fingerprint density at radius 1 is 0.971 bits per heavy atom. The number of anilines is 1. The highest BCUT2D eigenvalue weighted by Crippen LogP contribution is 2.49. The average Bonchev–Trinajstić information content (AvgIpc) is 2.90. The molecule has 0 bridgehead atoms. The maximum Gasteiger partial charge on any atom is 0.259 e. The summed E-state index contributed by atoms with van der Waals surface area (Å²) in [6.45, 7) is 0. The summed E-state index contributed by atoms with van der Waals surface area (Å²) in [4.78, 5) is 23.7. The highest BCUT2D eigenvalue weighted by Gasteiger charge is 2.44. The van der Waals surface area contributed by atoms with Crippen LogP contribution in [0.2, 0.25) is 0 Å². The molecule has 1 spiro atoms. The maximum atomic E-state index is 14.5. The van der Waals surface area contributed by atoms with Crippen molar-refractivity contribution >= 4 is 12.2 Å². The number of pyridine rings is 1. The van der Waals surface area contributed by atoms with Crippen molar-refractivity contribution in [3.63, 3.8) is 0 Å². The van der Waals surface area contributed by atoms with Gasteiger partial charge in [-0.15, -0.1) is 0 Å². The van der Waals surface area contributed by atoms with Gasteiger partial charge in [0.2, 0.25) is 5.95 Å². The molecular weight excluding hydrogens is 434 g/mol. The van der Waals surface area contributed by atoms with Gasteiger partial charge >= 0.3 is 0 Å². The molecule has 2 fully saturated rings. The third kappa shape index (κ3) is 4.09. The molecule has 0 saturated heterocycles. The normalized spacial score (nSPS) is 19.4. The molecular formula is C29H33N5O. The standard InChI is InChI=1S/C29H33N5O/c35-27-25-26(24-12-6-5-9-22(24)19-29(25)15-7-2-8-16-29)32-28(34(27)23-10-3-1-4-11-23)33-31-20-21-13-17-30-18-14-21/h5-6,9,12-14,17-18,20,23H,1-4,7-8,10-11,15-16,19H2,(H,32,33)/b31-20+. The monoisotopic (exact) mass is 467 g/mol. The molecule has 0 radical (unpaired) electrons. The molecule has 6 nitrogen and oxygen atoms in total. The summed E-state index contributed by atoms with van der Waals surface area (Å²) in [5.41, 5.74) is 8.43. The summed E-state index contributed by atoms with van der Waals surface area (Å²) in [5, 5.41) is 4.49. The number of nitrogens with zero attached hydrogens (tertiary/aromatic N) is 4. The second-order valence-corrected chi connectivity index (χ2v) is 10.5. The van der Waals surface area contributed by atoms with Gasteiger partial charge in [-0.3, -0.25) is 14.3 Å². The maximum absolute atomic E-state index is 14.5. The minimum atomic E-state index is -0.0960. The van der Waals surface area contributed by atoms with E-state index in [0.717, 1.165) is 67.3 Å². The molecule has 6 rings (SSSR count). The first-order valence-electron chi connectivity index (χ1n) is 13.2. The van der Waals surface area contributed by atoms with Crippen LogP contribution in [0.25, 0.3) is 11.3 Å². The topological polar surface area (TPSA) is 72.2 Å². The van der Waals surface area contributed by atoms with Gasteiger partial charge in [0.25, 0.3) is 5.56 Å². The van der Waals surface area contributed by atoms with E-state index in [2.05, 4.69) is 39.8 Å². The first kappa shape index (κ1) is 22.2. The van der Waals surface area contributed by atoms with Gasteiger partial charge < -0.3 is 0 Å². The molecule has 3 aliphatic rings.